The third kappa shape index (κ3) is 6.53. The molecule has 1 aliphatic rings. The third-order valence-electron chi connectivity index (χ3n) is 3.96. The molecule has 0 spiro atoms. The van der Waals surface area contributed by atoms with Crippen molar-refractivity contribution in [3.8, 4) is 0 Å². The normalized spacial score (nSPS) is 16.3. The van der Waals surface area contributed by atoms with E-state index in [0.717, 1.165) is 38.5 Å². The summed E-state index contributed by atoms with van der Waals surface area (Å²) in [6.45, 7) is 7.41. The molecule has 0 aliphatic heterocycles. The molecule has 1 fully saturated rings. The van der Waals surface area contributed by atoms with Crippen LogP contribution in [0.25, 0.3) is 0 Å². The minimum absolute atomic E-state index is 0.582. The van der Waals surface area contributed by atoms with Gasteiger partial charge < -0.3 is 10.1 Å². The predicted molar refractivity (Wildman–Crippen MR) is 85.1 cm³/mol. The van der Waals surface area contributed by atoms with Gasteiger partial charge in [0.05, 0.1) is 0 Å². The molecule has 1 aliphatic carbocycles. The monoisotopic (exact) mass is 275 g/mol. The molecule has 2 rings (SSSR count). The molecule has 1 N–H and O–H groups in total. The molecule has 0 amide bonds. The molecule has 0 aromatic heterocycles. The van der Waals surface area contributed by atoms with Crippen molar-refractivity contribution in [2.24, 2.45) is 5.92 Å². The maximum absolute atomic E-state index is 5.64. The van der Waals surface area contributed by atoms with Gasteiger partial charge in [0.2, 0.25) is 0 Å². The SMILES string of the molecule is Cc1cccc(CCC(C)NCCCOCC2CC2)c1. The Labute approximate surface area is 123 Å². The molecule has 0 radical (unpaired) electrons. The first-order valence-electron chi connectivity index (χ1n) is 8.10. The first-order valence-corrected chi connectivity index (χ1v) is 8.10. The third-order valence-corrected chi connectivity index (χ3v) is 3.96. The van der Waals surface area contributed by atoms with E-state index in [1.54, 1.807) is 0 Å². The fourth-order valence-corrected chi connectivity index (χ4v) is 2.41. The Balaban J connectivity index is 1.48. The van der Waals surface area contributed by atoms with Gasteiger partial charge in [0, 0.05) is 19.3 Å². The minimum atomic E-state index is 0.582. The molecule has 1 aromatic carbocycles. The maximum atomic E-state index is 5.64. The number of hydrogen-bond acceptors (Lipinski definition) is 2. The van der Waals surface area contributed by atoms with E-state index in [1.807, 2.05) is 0 Å². The van der Waals surface area contributed by atoms with Crippen LogP contribution in [0, 0.1) is 12.8 Å². The Morgan fingerprint density at radius 1 is 1.35 bits per heavy atom. The fourth-order valence-electron chi connectivity index (χ4n) is 2.41. The van der Waals surface area contributed by atoms with Crippen LogP contribution in [-0.2, 0) is 11.2 Å². The molecule has 1 aromatic rings. The van der Waals surface area contributed by atoms with Crippen molar-refractivity contribution in [3.63, 3.8) is 0 Å². The molecule has 112 valence electrons. The van der Waals surface area contributed by atoms with Crippen LogP contribution < -0.4 is 5.32 Å². The van der Waals surface area contributed by atoms with E-state index in [2.05, 4.69) is 43.4 Å². The molecule has 1 saturated carbocycles. The Hall–Kier alpha value is -0.860. The lowest BCUT2D eigenvalue weighted by molar-refractivity contribution is 0.121. The number of rotatable bonds is 10. The van der Waals surface area contributed by atoms with Crippen LogP contribution in [0.4, 0.5) is 0 Å². The summed E-state index contributed by atoms with van der Waals surface area (Å²) in [5.41, 5.74) is 2.81. The second-order valence-corrected chi connectivity index (χ2v) is 6.25. The van der Waals surface area contributed by atoms with Gasteiger partial charge in [-0.2, -0.15) is 0 Å². The molecular weight excluding hydrogens is 246 g/mol. The zero-order valence-corrected chi connectivity index (χ0v) is 13.0. The predicted octanol–water partition coefficient (Wildman–Crippen LogP) is 3.72. The van der Waals surface area contributed by atoms with E-state index in [1.165, 1.54) is 30.4 Å². The highest BCUT2D eigenvalue weighted by molar-refractivity contribution is 5.22. The average Bonchev–Trinajstić information content (AvgIpc) is 3.24. The second-order valence-electron chi connectivity index (χ2n) is 6.25. The summed E-state index contributed by atoms with van der Waals surface area (Å²) in [6, 6.07) is 9.41. The van der Waals surface area contributed by atoms with E-state index in [0.29, 0.717) is 6.04 Å². The largest absolute Gasteiger partial charge is 0.381 e. The molecule has 1 atom stereocenters. The Kier molecular flexibility index (Phi) is 6.55. The summed E-state index contributed by atoms with van der Waals surface area (Å²) >= 11 is 0. The van der Waals surface area contributed by atoms with E-state index >= 15 is 0 Å². The lowest BCUT2D eigenvalue weighted by Gasteiger charge is -2.14. The van der Waals surface area contributed by atoms with Crippen molar-refractivity contribution in [1.29, 1.82) is 0 Å². The van der Waals surface area contributed by atoms with Crippen molar-refractivity contribution < 1.29 is 4.74 Å². The highest BCUT2D eigenvalue weighted by Crippen LogP contribution is 2.28. The van der Waals surface area contributed by atoms with Gasteiger partial charge in [0.25, 0.3) is 0 Å². The van der Waals surface area contributed by atoms with Gasteiger partial charge in [-0.05, 0) is 64.0 Å². The summed E-state index contributed by atoms with van der Waals surface area (Å²) in [5.74, 6) is 0.885. The van der Waals surface area contributed by atoms with E-state index in [9.17, 15) is 0 Å². The van der Waals surface area contributed by atoms with Crippen LogP contribution in [0.1, 0.15) is 43.7 Å². The van der Waals surface area contributed by atoms with Crippen LogP contribution in [0.2, 0.25) is 0 Å². The van der Waals surface area contributed by atoms with Gasteiger partial charge in [-0.25, -0.2) is 0 Å². The molecule has 2 heteroatoms. The maximum Gasteiger partial charge on any atom is 0.0494 e. The minimum Gasteiger partial charge on any atom is -0.381 e. The topological polar surface area (TPSA) is 21.3 Å². The zero-order chi connectivity index (χ0) is 14.2. The Bertz CT molecular complexity index is 387. The van der Waals surface area contributed by atoms with E-state index in [4.69, 9.17) is 4.74 Å². The van der Waals surface area contributed by atoms with Crippen LogP contribution in [0.3, 0.4) is 0 Å². The molecular formula is C18H29NO. The summed E-state index contributed by atoms with van der Waals surface area (Å²) in [6.07, 6.45) is 6.25. The molecule has 0 heterocycles. The van der Waals surface area contributed by atoms with E-state index in [-0.39, 0.29) is 0 Å². The summed E-state index contributed by atoms with van der Waals surface area (Å²) in [7, 11) is 0. The smallest absolute Gasteiger partial charge is 0.0494 e. The quantitative estimate of drug-likeness (QED) is 0.657. The van der Waals surface area contributed by atoms with Gasteiger partial charge >= 0.3 is 0 Å². The second kappa shape index (κ2) is 8.43. The zero-order valence-electron chi connectivity index (χ0n) is 13.0. The van der Waals surface area contributed by atoms with Crippen molar-refractivity contribution in [2.45, 2.75) is 52.0 Å². The standard InChI is InChI=1S/C18H29NO/c1-15-5-3-6-17(13-15)8-7-16(2)19-11-4-12-20-14-18-9-10-18/h3,5-6,13,16,18-19H,4,7-12,14H2,1-2H3. The van der Waals surface area contributed by atoms with Crippen molar-refractivity contribution in [2.75, 3.05) is 19.8 Å². The van der Waals surface area contributed by atoms with Crippen molar-refractivity contribution in [3.05, 3.63) is 35.4 Å². The van der Waals surface area contributed by atoms with Gasteiger partial charge in [-0.1, -0.05) is 29.8 Å². The number of ether oxygens (including phenoxy) is 1. The van der Waals surface area contributed by atoms with Crippen molar-refractivity contribution >= 4 is 0 Å². The Morgan fingerprint density at radius 2 is 2.20 bits per heavy atom. The number of nitrogens with one attached hydrogen (secondary N) is 1. The van der Waals surface area contributed by atoms with Gasteiger partial charge in [0.15, 0.2) is 0 Å². The fraction of sp³-hybridized carbons (Fsp3) is 0.667. The summed E-state index contributed by atoms with van der Waals surface area (Å²) in [4.78, 5) is 0. The first kappa shape index (κ1) is 15.5. The molecule has 0 bridgehead atoms. The lowest BCUT2D eigenvalue weighted by atomic mass is 10.0. The number of hydrogen-bond donors (Lipinski definition) is 1. The van der Waals surface area contributed by atoms with Gasteiger partial charge in [-0.15, -0.1) is 0 Å². The average molecular weight is 275 g/mol. The van der Waals surface area contributed by atoms with Crippen LogP contribution in [0.5, 0.6) is 0 Å². The molecule has 2 nitrogen and oxygen atoms in total. The Morgan fingerprint density at radius 3 is 2.95 bits per heavy atom. The van der Waals surface area contributed by atoms with Crippen molar-refractivity contribution in [1.82, 2.24) is 5.32 Å². The molecule has 1 unspecified atom stereocenters. The van der Waals surface area contributed by atoms with Gasteiger partial charge in [-0.3, -0.25) is 0 Å². The summed E-state index contributed by atoms with van der Waals surface area (Å²) in [5, 5.41) is 3.59. The number of aryl methyl sites for hydroxylation is 2. The highest BCUT2D eigenvalue weighted by Gasteiger charge is 2.20. The highest BCUT2D eigenvalue weighted by atomic mass is 16.5. The van der Waals surface area contributed by atoms with Crippen LogP contribution in [0.15, 0.2) is 24.3 Å². The summed E-state index contributed by atoms with van der Waals surface area (Å²) < 4.78 is 5.64. The van der Waals surface area contributed by atoms with E-state index < -0.39 is 0 Å². The van der Waals surface area contributed by atoms with Gasteiger partial charge in [0.1, 0.15) is 0 Å². The first-order chi connectivity index (χ1) is 9.74. The lowest BCUT2D eigenvalue weighted by Crippen LogP contribution is -2.28. The molecule has 20 heavy (non-hydrogen) atoms. The van der Waals surface area contributed by atoms with Crippen LogP contribution in [-0.4, -0.2) is 25.8 Å². The molecule has 0 saturated heterocycles. The number of benzene rings is 1. The van der Waals surface area contributed by atoms with Crippen LogP contribution >= 0.6 is 0 Å².